The number of aldehydes is 1. The van der Waals surface area contributed by atoms with Crippen molar-refractivity contribution in [2.75, 3.05) is 18.0 Å². The number of nitrogens with zero attached hydrogens (tertiary/aromatic N) is 1. The zero-order valence-corrected chi connectivity index (χ0v) is 12.2. The summed E-state index contributed by atoms with van der Waals surface area (Å²) in [6.45, 7) is 5.38. The molecule has 1 heterocycles. The van der Waals surface area contributed by atoms with Gasteiger partial charge in [0.15, 0.2) is 6.29 Å². The van der Waals surface area contributed by atoms with E-state index in [9.17, 15) is 9.90 Å². The number of piperidine rings is 1. The van der Waals surface area contributed by atoms with Crippen LogP contribution in [0.2, 0.25) is 5.02 Å². The van der Waals surface area contributed by atoms with Gasteiger partial charge in [-0.15, -0.1) is 0 Å². The van der Waals surface area contributed by atoms with Gasteiger partial charge in [-0.2, -0.15) is 0 Å². The molecule has 0 spiro atoms. The number of rotatable bonds is 3. The third-order valence-corrected chi connectivity index (χ3v) is 4.11. The maximum Gasteiger partial charge on any atom is 0.152 e. The Balaban J connectivity index is 2.24. The zero-order chi connectivity index (χ0) is 14.0. The molecule has 0 amide bonds. The first kappa shape index (κ1) is 14.4. The Morgan fingerprint density at radius 1 is 1.47 bits per heavy atom. The SMILES string of the molecule is CC(C)(O)C1CCCN(c2ccc(Cl)cc2C=O)C1. The maximum absolute atomic E-state index is 11.2. The second-order valence-corrected chi connectivity index (χ2v) is 6.20. The first-order valence-electron chi connectivity index (χ1n) is 6.64. The van der Waals surface area contributed by atoms with Gasteiger partial charge in [0.1, 0.15) is 0 Å². The second kappa shape index (κ2) is 5.51. The highest BCUT2D eigenvalue weighted by molar-refractivity contribution is 6.31. The van der Waals surface area contributed by atoms with Crippen molar-refractivity contribution in [2.45, 2.75) is 32.3 Å². The van der Waals surface area contributed by atoms with E-state index in [2.05, 4.69) is 4.90 Å². The minimum atomic E-state index is -0.688. The summed E-state index contributed by atoms with van der Waals surface area (Å²) in [5, 5.41) is 10.7. The first-order chi connectivity index (χ1) is 8.91. The minimum absolute atomic E-state index is 0.219. The van der Waals surface area contributed by atoms with E-state index in [1.165, 1.54) is 0 Å². The number of hydrogen-bond donors (Lipinski definition) is 1. The molecule has 0 saturated carbocycles. The van der Waals surface area contributed by atoms with Crippen LogP contribution in [0.15, 0.2) is 18.2 Å². The monoisotopic (exact) mass is 281 g/mol. The van der Waals surface area contributed by atoms with Gasteiger partial charge in [-0.3, -0.25) is 4.79 Å². The summed E-state index contributed by atoms with van der Waals surface area (Å²) >= 11 is 5.92. The molecule has 0 aliphatic carbocycles. The van der Waals surface area contributed by atoms with Crippen molar-refractivity contribution < 1.29 is 9.90 Å². The molecule has 2 rings (SSSR count). The average molecular weight is 282 g/mol. The van der Waals surface area contributed by atoms with Crippen LogP contribution in [0.1, 0.15) is 37.0 Å². The highest BCUT2D eigenvalue weighted by Crippen LogP contribution is 2.31. The van der Waals surface area contributed by atoms with Gasteiger partial charge in [-0.1, -0.05) is 11.6 Å². The highest BCUT2D eigenvalue weighted by atomic mass is 35.5. The summed E-state index contributed by atoms with van der Waals surface area (Å²) < 4.78 is 0. The largest absolute Gasteiger partial charge is 0.390 e. The van der Waals surface area contributed by atoms with E-state index in [-0.39, 0.29) is 5.92 Å². The van der Waals surface area contributed by atoms with Gasteiger partial charge < -0.3 is 10.0 Å². The smallest absolute Gasteiger partial charge is 0.152 e. The molecule has 1 aromatic carbocycles. The van der Waals surface area contributed by atoms with Crippen LogP contribution in [-0.4, -0.2) is 30.1 Å². The Labute approximate surface area is 119 Å². The Kier molecular flexibility index (Phi) is 4.16. The lowest BCUT2D eigenvalue weighted by atomic mass is 9.84. The molecule has 104 valence electrons. The number of carbonyl (C=O) groups is 1. The van der Waals surface area contributed by atoms with Crippen molar-refractivity contribution in [1.82, 2.24) is 0 Å². The fourth-order valence-corrected chi connectivity index (χ4v) is 2.86. The number of hydrogen-bond acceptors (Lipinski definition) is 3. The van der Waals surface area contributed by atoms with E-state index in [1.807, 2.05) is 19.9 Å². The van der Waals surface area contributed by atoms with Crippen molar-refractivity contribution in [2.24, 2.45) is 5.92 Å². The van der Waals surface area contributed by atoms with Gasteiger partial charge in [-0.05, 0) is 44.9 Å². The molecule has 19 heavy (non-hydrogen) atoms. The summed E-state index contributed by atoms with van der Waals surface area (Å²) in [5.41, 5.74) is 0.837. The van der Waals surface area contributed by atoms with Gasteiger partial charge >= 0.3 is 0 Å². The van der Waals surface area contributed by atoms with Crippen molar-refractivity contribution in [3.05, 3.63) is 28.8 Å². The molecule has 1 aliphatic rings. The number of benzene rings is 1. The lowest BCUT2D eigenvalue weighted by Gasteiger charge is -2.40. The average Bonchev–Trinajstić information content (AvgIpc) is 2.37. The van der Waals surface area contributed by atoms with E-state index < -0.39 is 5.60 Å². The molecule has 4 heteroatoms. The van der Waals surface area contributed by atoms with Crippen molar-refractivity contribution >= 4 is 23.6 Å². The van der Waals surface area contributed by atoms with E-state index in [4.69, 9.17) is 11.6 Å². The van der Waals surface area contributed by atoms with Gasteiger partial charge in [0.25, 0.3) is 0 Å². The third kappa shape index (κ3) is 3.28. The lowest BCUT2D eigenvalue weighted by Crippen LogP contribution is -2.45. The summed E-state index contributed by atoms with van der Waals surface area (Å²) in [5.74, 6) is 0.219. The summed E-state index contributed by atoms with van der Waals surface area (Å²) in [7, 11) is 0. The van der Waals surface area contributed by atoms with Crippen LogP contribution >= 0.6 is 11.6 Å². The molecule has 1 aliphatic heterocycles. The molecule has 1 unspecified atom stereocenters. The molecular formula is C15H20ClNO2. The van der Waals surface area contributed by atoms with Crippen molar-refractivity contribution in [1.29, 1.82) is 0 Å². The summed E-state index contributed by atoms with van der Waals surface area (Å²) in [6.07, 6.45) is 2.88. The van der Waals surface area contributed by atoms with Crippen molar-refractivity contribution in [3.63, 3.8) is 0 Å². The minimum Gasteiger partial charge on any atom is -0.390 e. The van der Waals surface area contributed by atoms with E-state index >= 15 is 0 Å². The number of anilines is 1. The quantitative estimate of drug-likeness (QED) is 0.866. The number of halogens is 1. The normalized spacial score (nSPS) is 20.4. The molecule has 1 N–H and O–H groups in total. The molecule has 1 fully saturated rings. The molecule has 3 nitrogen and oxygen atoms in total. The fourth-order valence-electron chi connectivity index (χ4n) is 2.68. The summed E-state index contributed by atoms with van der Waals surface area (Å²) in [4.78, 5) is 13.3. The van der Waals surface area contributed by atoms with Crippen LogP contribution in [0.4, 0.5) is 5.69 Å². The van der Waals surface area contributed by atoms with E-state index in [1.54, 1.807) is 12.1 Å². The topological polar surface area (TPSA) is 40.5 Å². The van der Waals surface area contributed by atoms with Gasteiger partial charge in [-0.25, -0.2) is 0 Å². The standard InChI is InChI=1S/C15H20ClNO2/c1-15(2,19)12-4-3-7-17(9-12)14-6-5-13(16)8-11(14)10-18/h5-6,8,10,12,19H,3-4,7,9H2,1-2H3. The predicted molar refractivity (Wildman–Crippen MR) is 78.1 cm³/mol. The third-order valence-electron chi connectivity index (χ3n) is 3.88. The van der Waals surface area contributed by atoms with E-state index in [0.717, 1.165) is 37.9 Å². The fraction of sp³-hybridized carbons (Fsp3) is 0.533. The molecule has 1 atom stereocenters. The lowest BCUT2D eigenvalue weighted by molar-refractivity contribution is 0.0110. The Morgan fingerprint density at radius 2 is 2.21 bits per heavy atom. The Hall–Kier alpha value is -1.06. The van der Waals surface area contributed by atoms with Crippen LogP contribution in [0.5, 0.6) is 0 Å². The highest BCUT2D eigenvalue weighted by Gasteiger charge is 2.31. The molecule has 0 aromatic heterocycles. The Bertz CT molecular complexity index is 468. The number of carbonyl (C=O) groups excluding carboxylic acids is 1. The van der Waals surface area contributed by atoms with E-state index in [0.29, 0.717) is 10.6 Å². The zero-order valence-electron chi connectivity index (χ0n) is 11.4. The van der Waals surface area contributed by atoms with Gasteiger partial charge in [0.05, 0.1) is 5.60 Å². The van der Waals surface area contributed by atoms with Crippen LogP contribution < -0.4 is 4.90 Å². The predicted octanol–water partition coefficient (Wildman–Crippen LogP) is 3.14. The molecule has 1 saturated heterocycles. The molecular weight excluding hydrogens is 262 g/mol. The molecule has 0 bridgehead atoms. The number of aliphatic hydroxyl groups is 1. The molecule has 0 radical (unpaired) electrons. The summed E-state index contributed by atoms with van der Waals surface area (Å²) in [6, 6.07) is 5.38. The second-order valence-electron chi connectivity index (χ2n) is 5.76. The van der Waals surface area contributed by atoms with Gasteiger partial charge in [0.2, 0.25) is 0 Å². The van der Waals surface area contributed by atoms with Crippen LogP contribution in [0.25, 0.3) is 0 Å². The van der Waals surface area contributed by atoms with Crippen LogP contribution in [0, 0.1) is 5.92 Å². The van der Waals surface area contributed by atoms with Crippen LogP contribution in [-0.2, 0) is 0 Å². The van der Waals surface area contributed by atoms with Crippen molar-refractivity contribution in [3.8, 4) is 0 Å². The van der Waals surface area contributed by atoms with Crippen LogP contribution in [0.3, 0.4) is 0 Å². The van der Waals surface area contributed by atoms with Gasteiger partial charge in [0, 0.05) is 35.3 Å². The molecule has 1 aromatic rings. The maximum atomic E-state index is 11.2. The first-order valence-corrected chi connectivity index (χ1v) is 7.01. The Morgan fingerprint density at radius 3 is 2.84 bits per heavy atom.